The van der Waals surface area contributed by atoms with Crippen LogP contribution < -0.4 is 0 Å². The van der Waals surface area contributed by atoms with Crippen LogP contribution in [0.4, 0.5) is 4.39 Å². The molecular weight excluding hydrogens is 280 g/mol. The lowest BCUT2D eigenvalue weighted by atomic mass is 9.73. The summed E-state index contributed by atoms with van der Waals surface area (Å²) in [5, 5.41) is 0. The SMILES string of the molecule is CN1CCCC12CCC(=C(F)B1OC(C)(C)C(C)(C)O1)CC2. The Morgan fingerprint density at radius 2 is 1.59 bits per heavy atom. The van der Waals surface area contributed by atoms with Gasteiger partial charge in [-0.1, -0.05) is 0 Å². The molecule has 1 aliphatic carbocycles. The molecule has 22 heavy (non-hydrogen) atoms. The minimum atomic E-state index is -0.824. The first-order valence-electron chi connectivity index (χ1n) is 8.61. The summed E-state index contributed by atoms with van der Waals surface area (Å²) >= 11 is 0. The maximum absolute atomic E-state index is 14.9. The molecule has 1 spiro atoms. The van der Waals surface area contributed by atoms with Crippen LogP contribution in [0.5, 0.6) is 0 Å². The summed E-state index contributed by atoms with van der Waals surface area (Å²) in [6.45, 7) is 9.05. The minimum absolute atomic E-state index is 0.172. The molecule has 0 radical (unpaired) electrons. The number of nitrogens with zero attached hydrogens (tertiary/aromatic N) is 1. The van der Waals surface area contributed by atoms with E-state index in [1.54, 1.807) is 0 Å². The lowest BCUT2D eigenvalue weighted by molar-refractivity contribution is 0.00578. The molecule has 0 bridgehead atoms. The molecule has 0 aromatic rings. The fourth-order valence-corrected chi connectivity index (χ4v) is 4.07. The third-order valence-electron chi connectivity index (χ3n) is 6.53. The van der Waals surface area contributed by atoms with Gasteiger partial charge in [0.15, 0.2) is 0 Å². The Bertz CT molecular complexity index is 463. The number of rotatable bonds is 1. The van der Waals surface area contributed by atoms with Crippen molar-refractivity contribution in [3.8, 4) is 0 Å². The average molecular weight is 309 g/mol. The second-order valence-corrected chi connectivity index (χ2v) is 8.29. The van der Waals surface area contributed by atoms with Crippen LogP contribution in [0.3, 0.4) is 0 Å². The van der Waals surface area contributed by atoms with E-state index in [4.69, 9.17) is 9.31 Å². The molecule has 1 saturated carbocycles. The predicted molar refractivity (Wildman–Crippen MR) is 87.3 cm³/mol. The zero-order valence-electron chi connectivity index (χ0n) is 14.7. The highest BCUT2D eigenvalue weighted by Gasteiger charge is 2.54. The minimum Gasteiger partial charge on any atom is -0.398 e. The summed E-state index contributed by atoms with van der Waals surface area (Å²) in [7, 11) is 1.39. The van der Waals surface area contributed by atoms with Crippen LogP contribution in [-0.4, -0.2) is 42.4 Å². The average Bonchev–Trinajstić information content (AvgIpc) is 2.88. The fourth-order valence-electron chi connectivity index (χ4n) is 4.07. The Balaban J connectivity index is 1.71. The molecule has 124 valence electrons. The molecule has 0 atom stereocenters. The predicted octanol–water partition coefficient (Wildman–Crippen LogP) is 3.88. The van der Waals surface area contributed by atoms with Crippen molar-refractivity contribution in [2.45, 2.75) is 83.0 Å². The van der Waals surface area contributed by atoms with E-state index in [-0.39, 0.29) is 5.73 Å². The molecule has 3 nitrogen and oxygen atoms in total. The maximum atomic E-state index is 14.9. The molecule has 3 fully saturated rings. The van der Waals surface area contributed by atoms with Gasteiger partial charge in [-0.05, 0) is 85.4 Å². The Morgan fingerprint density at radius 1 is 1.05 bits per heavy atom. The van der Waals surface area contributed by atoms with Gasteiger partial charge in [0, 0.05) is 5.54 Å². The van der Waals surface area contributed by atoms with E-state index in [0.717, 1.165) is 31.3 Å². The normalized spacial score (nSPS) is 34.6. The number of halogens is 1. The van der Waals surface area contributed by atoms with Crippen LogP contribution in [0.25, 0.3) is 0 Å². The van der Waals surface area contributed by atoms with E-state index in [1.807, 2.05) is 27.7 Å². The quantitative estimate of drug-likeness (QED) is 0.686. The molecule has 2 heterocycles. The van der Waals surface area contributed by atoms with Crippen molar-refractivity contribution < 1.29 is 13.7 Å². The summed E-state index contributed by atoms with van der Waals surface area (Å²) in [6.07, 6.45) is 6.32. The van der Waals surface area contributed by atoms with Crippen molar-refractivity contribution in [2.75, 3.05) is 13.6 Å². The van der Waals surface area contributed by atoms with Gasteiger partial charge in [-0.15, -0.1) is 0 Å². The second-order valence-electron chi connectivity index (χ2n) is 8.29. The number of hydrogen-bond acceptors (Lipinski definition) is 3. The molecule has 5 heteroatoms. The van der Waals surface area contributed by atoms with Gasteiger partial charge >= 0.3 is 7.12 Å². The Labute approximate surface area is 134 Å². The highest BCUT2D eigenvalue weighted by Crippen LogP contribution is 2.45. The first kappa shape index (κ1) is 16.5. The Kier molecular flexibility index (Phi) is 3.98. The summed E-state index contributed by atoms with van der Waals surface area (Å²) in [5.74, 6) is 0. The van der Waals surface area contributed by atoms with Crippen LogP contribution in [0.15, 0.2) is 11.3 Å². The van der Waals surface area contributed by atoms with E-state index in [2.05, 4.69) is 11.9 Å². The maximum Gasteiger partial charge on any atom is 0.525 e. The van der Waals surface area contributed by atoms with Crippen LogP contribution in [0.2, 0.25) is 0 Å². The van der Waals surface area contributed by atoms with Gasteiger partial charge in [-0.25, -0.2) is 4.39 Å². The lowest BCUT2D eigenvalue weighted by Crippen LogP contribution is -2.43. The summed E-state index contributed by atoms with van der Waals surface area (Å²) < 4.78 is 26.6. The van der Waals surface area contributed by atoms with Gasteiger partial charge in [-0.3, -0.25) is 0 Å². The first-order chi connectivity index (χ1) is 10.2. The molecular formula is C17H29BFNO2. The molecule has 0 unspecified atom stereocenters. The topological polar surface area (TPSA) is 21.7 Å². The largest absolute Gasteiger partial charge is 0.525 e. The first-order valence-corrected chi connectivity index (χ1v) is 8.61. The molecule has 0 aromatic heterocycles. The van der Waals surface area contributed by atoms with Gasteiger partial charge in [-0.2, -0.15) is 0 Å². The third kappa shape index (κ3) is 2.55. The number of allylic oxidation sites excluding steroid dienone is 1. The van der Waals surface area contributed by atoms with Crippen LogP contribution in [0.1, 0.15) is 66.2 Å². The van der Waals surface area contributed by atoms with E-state index in [0.29, 0.717) is 5.54 Å². The molecule has 0 amide bonds. The summed E-state index contributed by atoms with van der Waals surface area (Å²) in [4.78, 5) is 2.48. The van der Waals surface area contributed by atoms with Gasteiger partial charge < -0.3 is 14.2 Å². The van der Waals surface area contributed by atoms with Crippen LogP contribution >= 0.6 is 0 Å². The van der Waals surface area contributed by atoms with Crippen LogP contribution in [0, 0.1) is 0 Å². The van der Waals surface area contributed by atoms with Crippen LogP contribution in [-0.2, 0) is 9.31 Å². The Morgan fingerprint density at radius 3 is 2.05 bits per heavy atom. The van der Waals surface area contributed by atoms with Crippen molar-refractivity contribution in [1.29, 1.82) is 0 Å². The molecule has 3 rings (SSSR count). The zero-order valence-corrected chi connectivity index (χ0v) is 14.7. The van der Waals surface area contributed by atoms with Crippen molar-refractivity contribution in [3.63, 3.8) is 0 Å². The van der Waals surface area contributed by atoms with E-state index in [9.17, 15) is 4.39 Å². The van der Waals surface area contributed by atoms with Gasteiger partial charge in [0.2, 0.25) is 0 Å². The van der Waals surface area contributed by atoms with Crippen molar-refractivity contribution in [3.05, 3.63) is 11.3 Å². The summed E-state index contributed by atoms with van der Waals surface area (Å²) in [5.41, 5.74) is 0.104. The third-order valence-corrected chi connectivity index (χ3v) is 6.53. The van der Waals surface area contributed by atoms with Crippen molar-refractivity contribution in [1.82, 2.24) is 4.90 Å². The van der Waals surface area contributed by atoms with Gasteiger partial charge in [0.05, 0.1) is 11.2 Å². The standard InChI is InChI=1S/C17H29BFNO2/c1-15(2)16(3,4)22-18(21-15)14(19)13-7-10-17(11-8-13)9-6-12-20(17)5/h6-12H2,1-5H3. The summed E-state index contributed by atoms with van der Waals surface area (Å²) in [6, 6.07) is 0. The highest BCUT2D eigenvalue weighted by atomic mass is 19.1. The molecule has 3 aliphatic rings. The van der Waals surface area contributed by atoms with Gasteiger partial charge in [0.1, 0.15) is 5.73 Å². The zero-order chi connectivity index (χ0) is 16.2. The van der Waals surface area contributed by atoms with Crippen molar-refractivity contribution in [2.24, 2.45) is 0 Å². The molecule has 2 saturated heterocycles. The number of hydrogen-bond donors (Lipinski definition) is 0. The van der Waals surface area contributed by atoms with E-state index >= 15 is 0 Å². The van der Waals surface area contributed by atoms with Gasteiger partial charge in [0.25, 0.3) is 0 Å². The molecule has 0 aromatic carbocycles. The van der Waals surface area contributed by atoms with Crippen molar-refractivity contribution >= 4 is 7.12 Å². The lowest BCUT2D eigenvalue weighted by Gasteiger charge is -2.40. The fraction of sp³-hybridized carbons (Fsp3) is 0.882. The second kappa shape index (κ2) is 5.32. The molecule has 2 aliphatic heterocycles. The van der Waals surface area contributed by atoms with E-state index in [1.165, 1.54) is 19.4 Å². The number of likely N-dealkylation sites (tertiary alicyclic amines) is 1. The smallest absolute Gasteiger partial charge is 0.398 e. The highest BCUT2D eigenvalue weighted by molar-refractivity contribution is 6.53. The Hall–Kier alpha value is -0.385. The van der Waals surface area contributed by atoms with E-state index < -0.39 is 18.3 Å². The monoisotopic (exact) mass is 309 g/mol. The molecule has 0 N–H and O–H groups in total.